The van der Waals surface area contributed by atoms with E-state index in [0.717, 1.165) is 12.8 Å². The minimum Gasteiger partial charge on any atom is -0.377 e. The molecule has 2 N–H and O–H groups in total. The molecule has 2 unspecified atom stereocenters. The van der Waals surface area contributed by atoms with Crippen LogP contribution in [0.15, 0.2) is 0 Å². The Hall–Kier alpha value is -0.130. The molecule has 0 radical (unpaired) electrons. The lowest BCUT2D eigenvalue weighted by atomic mass is 10.0. The fourth-order valence-electron chi connectivity index (χ4n) is 1.33. The maximum Gasteiger partial charge on any atom is 0.211 e. The highest BCUT2D eigenvalue weighted by atomic mass is 32.2. The summed E-state index contributed by atoms with van der Waals surface area (Å²) in [7, 11) is -3.37. The lowest BCUT2D eigenvalue weighted by molar-refractivity contribution is 0.00214. The Morgan fingerprint density at radius 2 is 2.17 bits per heavy atom. The zero-order valence-electron chi connectivity index (χ0n) is 7.19. The smallest absolute Gasteiger partial charge is 0.211 e. The van der Waals surface area contributed by atoms with Crippen LogP contribution in [0, 0.1) is 5.92 Å². The van der Waals surface area contributed by atoms with Crippen molar-refractivity contribution in [2.24, 2.45) is 11.1 Å². The van der Waals surface area contributed by atoms with Crippen molar-refractivity contribution in [2.75, 3.05) is 12.4 Å². The van der Waals surface area contributed by atoms with E-state index < -0.39 is 10.0 Å². The molecule has 1 aliphatic heterocycles. The number of sulfonamides is 1. The molecule has 0 bridgehead atoms. The molecule has 0 aromatic rings. The first-order valence-corrected chi connectivity index (χ1v) is 5.81. The van der Waals surface area contributed by atoms with Crippen molar-refractivity contribution >= 4 is 10.0 Å². The van der Waals surface area contributed by atoms with Gasteiger partial charge in [0.25, 0.3) is 0 Å². The van der Waals surface area contributed by atoms with E-state index in [2.05, 4.69) is 6.92 Å². The van der Waals surface area contributed by atoms with E-state index in [1.54, 1.807) is 0 Å². The van der Waals surface area contributed by atoms with Gasteiger partial charge in [-0.1, -0.05) is 6.92 Å². The first-order valence-electron chi connectivity index (χ1n) is 4.09. The Kier molecular flexibility index (Phi) is 3.09. The van der Waals surface area contributed by atoms with Crippen LogP contribution in [0.2, 0.25) is 0 Å². The quantitative estimate of drug-likeness (QED) is 0.675. The van der Waals surface area contributed by atoms with Gasteiger partial charge in [0.05, 0.1) is 11.9 Å². The largest absolute Gasteiger partial charge is 0.377 e. The van der Waals surface area contributed by atoms with Gasteiger partial charge in [-0.3, -0.25) is 0 Å². The van der Waals surface area contributed by atoms with Gasteiger partial charge in [-0.05, 0) is 18.8 Å². The van der Waals surface area contributed by atoms with Crippen LogP contribution in [0.5, 0.6) is 0 Å². The molecule has 0 amide bonds. The first kappa shape index (κ1) is 9.95. The van der Waals surface area contributed by atoms with Crippen LogP contribution < -0.4 is 5.14 Å². The van der Waals surface area contributed by atoms with Gasteiger partial charge in [0.2, 0.25) is 10.0 Å². The second-order valence-corrected chi connectivity index (χ2v) is 5.13. The van der Waals surface area contributed by atoms with Gasteiger partial charge in [-0.15, -0.1) is 0 Å². The van der Waals surface area contributed by atoms with Crippen molar-refractivity contribution < 1.29 is 13.2 Å². The molecule has 0 spiro atoms. The van der Waals surface area contributed by atoms with Crippen LogP contribution in [-0.4, -0.2) is 26.9 Å². The monoisotopic (exact) mass is 193 g/mol. The summed E-state index contributed by atoms with van der Waals surface area (Å²) >= 11 is 0. The zero-order chi connectivity index (χ0) is 9.19. The molecule has 72 valence electrons. The molecule has 1 heterocycles. The van der Waals surface area contributed by atoms with Crippen molar-refractivity contribution in [1.29, 1.82) is 0 Å². The SMILES string of the molecule is CC1CCC(CS(N)(=O)=O)OC1. The molecule has 0 aliphatic carbocycles. The summed E-state index contributed by atoms with van der Waals surface area (Å²) in [6.45, 7) is 2.74. The lowest BCUT2D eigenvalue weighted by Crippen LogP contribution is -2.33. The van der Waals surface area contributed by atoms with E-state index in [9.17, 15) is 8.42 Å². The third-order valence-corrected chi connectivity index (χ3v) is 2.85. The second kappa shape index (κ2) is 3.72. The second-order valence-electron chi connectivity index (χ2n) is 3.47. The Labute approximate surface area is 73.1 Å². The molecule has 4 nitrogen and oxygen atoms in total. The molecule has 0 saturated carbocycles. The summed E-state index contributed by atoms with van der Waals surface area (Å²) in [4.78, 5) is 0. The van der Waals surface area contributed by atoms with Gasteiger partial charge in [-0.25, -0.2) is 13.6 Å². The lowest BCUT2D eigenvalue weighted by Gasteiger charge is -2.25. The highest BCUT2D eigenvalue weighted by Gasteiger charge is 2.22. The van der Waals surface area contributed by atoms with E-state index in [1.165, 1.54) is 0 Å². The Balaban J connectivity index is 2.36. The molecule has 0 aromatic heterocycles. The van der Waals surface area contributed by atoms with Crippen molar-refractivity contribution in [3.63, 3.8) is 0 Å². The van der Waals surface area contributed by atoms with Crippen molar-refractivity contribution in [1.82, 2.24) is 0 Å². The third kappa shape index (κ3) is 3.51. The Morgan fingerprint density at radius 1 is 1.50 bits per heavy atom. The summed E-state index contributed by atoms with van der Waals surface area (Å²) in [5.74, 6) is 0.501. The third-order valence-electron chi connectivity index (χ3n) is 2.02. The summed E-state index contributed by atoms with van der Waals surface area (Å²) < 4.78 is 26.7. The zero-order valence-corrected chi connectivity index (χ0v) is 8.01. The molecule has 1 saturated heterocycles. The Morgan fingerprint density at radius 3 is 2.58 bits per heavy atom. The summed E-state index contributed by atoms with van der Waals surface area (Å²) in [6.07, 6.45) is 1.65. The van der Waals surface area contributed by atoms with Gasteiger partial charge >= 0.3 is 0 Å². The average Bonchev–Trinajstić information content (AvgIpc) is 1.91. The molecule has 12 heavy (non-hydrogen) atoms. The van der Waals surface area contributed by atoms with Crippen LogP contribution in [0.25, 0.3) is 0 Å². The van der Waals surface area contributed by atoms with E-state index in [0.29, 0.717) is 12.5 Å². The van der Waals surface area contributed by atoms with Gasteiger partial charge in [0.1, 0.15) is 0 Å². The van der Waals surface area contributed by atoms with Crippen LogP contribution in [0.4, 0.5) is 0 Å². The molecule has 1 fully saturated rings. The van der Waals surface area contributed by atoms with E-state index in [-0.39, 0.29) is 11.9 Å². The van der Waals surface area contributed by atoms with Crippen molar-refractivity contribution in [3.05, 3.63) is 0 Å². The molecular formula is C7H15NO3S. The van der Waals surface area contributed by atoms with E-state index in [4.69, 9.17) is 9.88 Å². The molecule has 5 heteroatoms. The topological polar surface area (TPSA) is 69.4 Å². The van der Waals surface area contributed by atoms with Gasteiger partial charge in [0, 0.05) is 6.61 Å². The molecular weight excluding hydrogens is 178 g/mol. The summed E-state index contributed by atoms with van der Waals surface area (Å²) in [5, 5.41) is 4.89. The van der Waals surface area contributed by atoms with Crippen LogP contribution in [-0.2, 0) is 14.8 Å². The minimum atomic E-state index is -3.37. The number of rotatable bonds is 2. The number of ether oxygens (including phenoxy) is 1. The van der Waals surface area contributed by atoms with Crippen molar-refractivity contribution in [2.45, 2.75) is 25.9 Å². The van der Waals surface area contributed by atoms with Gasteiger partial charge in [0.15, 0.2) is 0 Å². The van der Waals surface area contributed by atoms with E-state index in [1.807, 2.05) is 0 Å². The molecule has 0 aromatic carbocycles. The fourth-order valence-corrected chi connectivity index (χ4v) is 2.11. The summed E-state index contributed by atoms with van der Waals surface area (Å²) in [5.41, 5.74) is 0. The predicted molar refractivity (Wildman–Crippen MR) is 46.1 cm³/mol. The van der Waals surface area contributed by atoms with Crippen LogP contribution >= 0.6 is 0 Å². The maximum atomic E-state index is 10.7. The van der Waals surface area contributed by atoms with Crippen LogP contribution in [0.3, 0.4) is 0 Å². The number of primary sulfonamides is 1. The average molecular weight is 193 g/mol. The van der Waals surface area contributed by atoms with Crippen molar-refractivity contribution in [3.8, 4) is 0 Å². The molecule has 2 atom stereocenters. The highest BCUT2D eigenvalue weighted by Crippen LogP contribution is 2.18. The highest BCUT2D eigenvalue weighted by molar-refractivity contribution is 7.89. The first-order chi connectivity index (χ1) is 5.47. The number of hydrogen-bond acceptors (Lipinski definition) is 3. The predicted octanol–water partition coefficient (Wildman–Crippen LogP) is 0.0900. The molecule has 1 aliphatic rings. The van der Waals surface area contributed by atoms with Gasteiger partial charge in [-0.2, -0.15) is 0 Å². The standard InChI is InChI=1S/C7H15NO3S/c1-6-2-3-7(11-4-6)5-12(8,9)10/h6-7H,2-5H2,1H3,(H2,8,9,10). The summed E-state index contributed by atoms with van der Waals surface area (Å²) in [6, 6.07) is 0. The molecule has 1 rings (SSSR count). The fraction of sp³-hybridized carbons (Fsp3) is 1.00. The van der Waals surface area contributed by atoms with E-state index >= 15 is 0 Å². The number of nitrogens with two attached hydrogens (primary N) is 1. The van der Waals surface area contributed by atoms with Gasteiger partial charge < -0.3 is 4.74 Å². The number of hydrogen-bond donors (Lipinski definition) is 1. The minimum absolute atomic E-state index is 0.0419. The van der Waals surface area contributed by atoms with Crippen LogP contribution in [0.1, 0.15) is 19.8 Å². The Bertz CT molecular complexity index is 229. The maximum absolute atomic E-state index is 10.7. The normalized spacial score (nSPS) is 31.8.